The summed E-state index contributed by atoms with van der Waals surface area (Å²) in [5, 5.41) is 45.1. The second-order valence-corrected chi connectivity index (χ2v) is 9.78. The number of nitrogens with one attached hydrogen (secondary N) is 1. The molecule has 0 aliphatic heterocycles. The highest BCUT2D eigenvalue weighted by Crippen LogP contribution is 2.29. The smallest absolute Gasteiger partial charge is 0.290 e. The van der Waals surface area contributed by atoms with Gasteiger partial charge in [-0.15, -0.1) is 0 Å². The van der Waals surface area contributed by atoms with E-state index in [-0.39, 0.29) is 28.9 Å². The van der Waals surface area contributed by atoms with Crippen molar-refractivity contribution in [1.29, 1.82) is 0 Å². The molecule has 4 N–H and O–H groups in total. The first-order chi connectivity index (χ1) is 20.1. The van der Waals surface area contributed by atoms with Crippen LogP contribution in [0.5, 0.6) is 0 Å². The lowest BCUT2D eigenvalue weighted by molar-refractivity contribution is 0.0783. The summed E-state index contributed by atoms with van der Waals surface area (Å²) in [4.78, 5) is 26.3. The van der Waals surface area contributed by atoms with Gasteiger partial charge in [0.25, 0.3) is 11.1 Å². The van der Waals surface area contributed by atoms with Gasteiger partial charge in [-0.05, 0) is 36.8 Å². The predicted octanol–water partition coefficient (Wildman–Crippen LogP) is 2.10. The number of aliphatic hydroxyl groups is 3. The molecular formula is C29H28FN7O5. The summed E-state index contributed by atoms with van der Waals surface area (Å²) in [5.41, 5.74) is 1.37. The van der Waals surface area contributed by atoms with Crippen molar-refractivity contribution in [1.82, 2.24) is 29.3 Å². The van der Waals surface area contributed by atoms with Crippen molar-refractivity contribution in [2.45, 2.75) is 26.2 Å². The maximum atomic E-state index is 15.1. The fraction of sp³-hybridized carbons (Fsp3) is 0.207. The zero-order chi connectivity index (χ0) is 30.1. The molecule has 0 radical (unpaired) electrons. The van der Waals surface area contributed by atoms with Gasteiger partial charge in [0.05, 0.1) is 48.8 Å². The first kappa shape index (κ1) is 28.5. The van der Waals surface area contributed by atoms with Crippen LogP contribution in [0.1, 0.15) is 18.1 Å². The summed E-state index contributed by atoms with van der Waals surface area (Å²) in [6.45, 7) is 4.69. The summed E-state index contributed by atoms with van der Waals surface area (Å²) in [5.74, 6) is -0.397. The van der Waals surface area contributed by atoms with Gasteiger partial charge in [-0.3, -0.25) is 14.3 Å². The number of nitrogens with zero attached hydrogens (tertiary/aromatic N) is 6. The highest BCUT2D eigenvalue weighted by molar-refractivity contribution is 5.85. The van der Waals surface area contributed by atoms with Crippen molar-refractivity contribution in [3.63, 3.8) is 0 Å². The fourth-order valence-corrected chi connectivity index (χ4v) is 4.60. The Bertz CT molecular complexity index is 1950. The molecule has 42 heavy (non-hydrogen) atoms. The molecule has 5 aromatic rings. The van der Waals surface area contributed by atoms with Gasteiger partial charge in [-0.2, -0.15) is 20.0 Å². The van der Waals surface area contributed by atoms with Crippen LogP contribution in [0.3, 0.4) is 0 Å². The lowest BCUT2D eigenvalue weighted by Gasteiger charge is -2.15. The Balaban J connectivity index is 1.58. The Hall–Kier alpha value is -4.98. The Morgan fingerprint density at radius 1 is 1.12 bits per heavy atom. The normalized spacial score (nSPS) is 12.0. The highest BCUT2D eigenvalue weighted by atomic mass is 19.1. The molecule has 2 aromatic carbocycles. The molecule has 0 saturated carbocycles. The van der Waals surface area contributed by atoms with Crippen molar-refractivity contribution < 1.29 is 19.7 Å². The Kier molecular flexibility index (Phi) is 7.81. The molecule has 0 spiro atoms. The maximum absolute atomic E-state index is 15.1. The average Bonchev–Trinajstić information content (AvgIpc) is 3.41. The molecule has 0 aliphatic rings. The number of hydrogen-bond donors (Lipinski definition) is 4. The number of aliphatic hydroxyl groups excluding tert-OH is 3. The molecule has 12 nitrogen and oxygen atoms in total. The quantitative estimate of drug-likeness (QED) is 0.207. The Labute approximate surface area is 238 Å². The van der Waals surface area contributed by atoms with Crippen LogP contribution < -0.4 is 16.4 Å². The number of hydrogen-bond acceptors (Lipinski definition) is 9. The third-order valence-corrected chi connectivity index (χ3v) is 6.72. The number of allylic oxidation sites excluding steroid dienone is 1. The maximum Gasteiger partial charge on any atom is 0.290 e. The second-order valence-electron chi connectivity index (χ2n) is 9.78. The monoisotopic (exact) mass is 573 g/mol. The van der Waals surface area contributed by atoms with Gasteiger partial charge >= 0.3 is 0 Å². The van der Waals surface area contributed by atoms with Gasteiger partial charge < -0.3 is 20.6 Å². The van der Waals surface area contributed by atoms with Crippen LogP contribution in [0.15, 0.2) is 71.0 Å². The van der Waals surface area contributed by atoms with E-state index in [1.54, 1.807) is 43.5 Å². The van der Waals surface area contributed by atoms with Gasteiger partial charge in [0.1, 0.15) is 11.5 Å². The summed E-state index contributed by atoms with van der Waals surface area (Å²) >= 11 is 0. The van der Waals surface area contributed by atoms with Crippen molar-refractivity contribution >= 4 is 27.9 Å². The van der Waals surface area contributed by atoms with E-state index in [0.717, 1.165) is 9.36 Å². The van der Waals surface area contributed by atoms with Crippen molar-refractivity contribution in [2.75, 3.05) is 11.9 Å². The van der Waals surface area contributed by atoms with Crippen LogP contribution >= 0.6 is 0 Å². The van der Waals surface area contributed by atoms with Crippen molar-refractivity contribution in [3.05, 3.63) is 99.1 Å². The summed E-state index contributed by atoms with van der Waals surface area (Å²) in [6, 6.07) is 10.9. The zero-order valence-electron chi connectivity index (χ0n) is 22.8. The van der Waals surface area contributed by atoms with Gasteiger partial charge in [0.15, 0.2) is 5.82 Å². The average molecular weight is 574 g/mol. The number of rotatable bonds is 9. The van der Waals surface area contributed by atoms with E-state index in [9.17, 15) is 19.8 Å². The molecule has 0 aliphatic carbocycles. The van der Waals surface area contributed by atoms with Crippen molar-refractivity contribution in [3.8, 4) is 16.9 Å². The van der Waals surface area contributed by atoms with Crippen LogP contribution in [0.25, 0.3) is 33.3 Å². The highest BCUT2D eigenvalue weighted by Gasteiger charge is 2.19. The second kappa shape index (κ2) is 11.5. The standard InChI is InChI=1S/C29H28FN7O5/c1-16(2)17-9-18-12-31-37(29(42)27(18)22(30)10-17)25-6-4-5-20(21(25)15-39)23-11-24(28(41)35(3)33-23)32-26-7-8-36(34-26)13-19(40)14-38/h4-12,19,38-40H,1,13-15H2,2-3H3,(H,32,34)/t19-/m1/s1. The molecule has 13 heteroatoms. The number of anilines is 2. The third-order valence-electron chi connectivity index (χ3n) is 6.72. The molecule has 1 atom stereocenters. The summed E-state index contributed by atoms with van der Waals surface area (Å²) in [7, 11) is 1.47. The van der Waals surface area contributed by atoms with Gasteiger partial charge in [0.2, 0.25) is 0 Å². The van der Waals surface area contributed by atoms with E-state index < -0.39 is 36.3 Å². The topological polar surface area (TPSA) is 160 Å². The van der Waals surface area contributed by atoms with Gasteiger partial charge in [-0.25, -0.2) is 9.07 Å². The number of fused-ring (bicyclic) bond motifs is 1. The van der Waals surface area contributed by atoms with E-state index in [1.807, 2.05) is 0 Å². The molecule has 5 rings (SSSR count). The fourth-order valence-electron chi connectivity index (χ4n) is 4.60. The minimum absolute atomic E-state index is 0.0611. The largest absolute Gasteiger partial charge is 0.394 e. The predicted molar refractivity (Wildman–Crippen MR) is 155 cm³/mol. The molecule has 3 heterocycles. The SMILES string of the molecule is C=C(C)c1cc(F)c2c(=O)n(-c3cccc(-c4cc(Nc5ccn(C[C@@H](O)CO)n5)c(=O)n(C)n4)c3CO)ncc2c1. The van der Waals surface area contributed by atoms with E-state index in [2.05, 4.69) is 27.2 Å². The molecule has 3 aromatic heterocycles. The number of aryl methyl sites for hydroxylation is 1. The molecule has 0 amide bonds. The van der Waals surface area contributed by atoms with E-state index in [0.29, 0.717) is 33.6 Å². The molecule has 0 unspecified atom stereocenters. The Morgan fingerprint density at radius 3 is 2.62 bits per heavy atom. The van der Waals surface area contributed by atoms with E-state index in [4.69, 9.17) is 5.11 Å². The van der Waals surface area contributed by atoms with E-state index >= 15 is 4.39 Å². The summed E-state index contributed by atoms with van der Waals surface area (Å²) < 4.78 is 18.6. The van der Waals surface area contributed by atoms with Crippen LogP contribution in [0.4, 0.5) is 15.9 Å². The number of aromatic nitrogens is 6. The molecule has 0 bridgehead atoms. The third kappa shape index (κ3) is 5.35. The van der Waals surface area contributed by atoms with E-state index in [1.165, 1.54) is 30.1 Å². The first-order valence-corrected chi connectivity index (χ1v) is 12.9. The summed E-state index contributed by atoms with van der Waals surface area (Å²) in [6.07, 6.45) is 1.97. The minimum Gasteiger partial charge on any atom is -0.394 e. The minimum atomic E-state index is -0.989. The molecule has 0 fully saturated rings. The molecule has 216 valence electrons. The molecule has 0 saturated heterocycles. The Morgan fingerprint density at radius 2 is 1.90 bits per heavy atom. The van der Waals surface area contributed by atoms with Gasteiger partial charge in [0, 0.05) is 35.8 Å². The van der Waals surface area contributed by atoms with Gasteiger partial charge in [-0.1, -0.05) is 24.3 Å². The first-order valence-electron chi connectivity index (χ1n) is 12.9. The van der Waals surface area contributed by atoms with Crippen LogP contribution in [0.2, 0.25) is 0 Å². The number of halogens is 1. The zero-order valence-corrected chi connectivity index (χ0v) is 22.8. The lowest BCUT2D eigenvalue weighted by Crippen LogP contribution is -2.24. The lowest BCUT2D eigenvalue weighted by atomic mass is 10.0. The van der Waals surface area contributed by atoms with Crippen LogP contribution in [-0.2, 0) is 20.2 Å². The van der Waals surface area contributed by atoms with Crippen LogP contribution in [0, 0.1) is 5.82 Å². The van der Waals surface area contributed by atoms with Crippen LogP contribution in [-0.4, -0.2) is 57.4 Å². The van der Waals surface area contributed by atoms with Crippen molar-refractivity contribution in [2.24, 2.45) is 7.05 Å². The number of benzene rings is 2. The molecular weight excluding hydrogens is 545 g/mol.